The van der Waals surface area contributed by atoms with Crippen LogP contribution in [0.5, 0.6) is 0 Å². The van der Waals surface area contributed by atoms with Crippen molar-refractivity contribution in [3.05, 3.63) is 59.4 Å². The molecule has 1 aliphatic carbocycles. The number of aryl methyl sites for hydroxylation is 1. The Morgan fingerprint density at radius 3 is 2.55 bits per heavy atom. The van der Waals surface area contributed by atoms with Crippen molar-refractivity contribution in [2.75, 3.05) is 37.7 Å². The van der Waals surface area contributed by atoms with Crippen molar-refractivity contribution in [3.8, 4) is 0 Å². The third-order valence-electron chi connectivity index (χ3n) is 7.22. The van der Waals surface area contributed by atoms with Crippen LogP contribution < -0.4 is 4.90 Å². The van der Waals surface area contributed by atoms with Gasteiger partial charge in [0.15, 0.2) is 0 Å². The van der Waals surface area contributed by atoms with Crippen LogP contribution in [0.3, 0.4) is 0 Å². The molecule has 1 saturated heterocycles. The third kappa shape index (κ3) is 3.52. The van der Waals surface area contributed by atoms with Crippen molar-refractivity contribution in [2.45, 2.75) is 37.8 Å². The second-order valence-electron chi connectivity index (χ2n) is 9.26. The number of aromatic nitrogens is 2. The number of carbonyl (C=O) groups excluding carboxylic acids is 1. The number of amides is 1. The second kappa shape index (κ2) is 7.88. The summed E-state index contributed by atoms with van der Waals surface area (Å²) in [4.78, 5) is 22.1. The van der Waals surface area contributed by atoms with E-state index in [2.05, 4.69) is 9.47 Å². The van der Waals surface area contributed by atoms with Gasteiger partial charge in [-0.2, -0.15) is 0 Å². The highest BCUT2D eigenvalue weighted by molar-refractivity contribution is 6.10. The van der Waals surface area contributed by atoms with Gasteiger partial charge in [0.25, 0.3) is 0 Å². The van der Waals surface area contributed by atoms with Crippen LogP contribution in [0.25, 0.3) is 11.0 Å². The number of fused-ring (bicyclic) bond motifs is 3. The Morgan fingerprint density at radius 2 is 1.76 bits per heavy atom. The number of rotatable bonds is 6. The van der Waals surface area contributed by atoms with E-state index in [9.17, 15) is 13.6 Å². The van der Waals surface area contributed by atoms with E-state index in [0.29, 0.717) is 23.6 Å². The quantitative estimate of drug-likeness (QED) is 0.573. The maximum atomic E-state index is 14.1. The van der Waals surface area contributed by atoms with Gasteiger partial charge in [-0.15, -0.1) is 0 Å². The van der Waals surface area contributed by atoms with Crippen molar-refractivity contribution < 1.29 is 18.3 Å². The number of hydrogen-bond acceptors (Lipinski definition) is 4. The molecule has 0 unspecified atom stereocenters. The average Bonchev–Trinajstić information content (AvgIpc) is 3.51. The average molecular weight is 453 g/mol. The first-order valence-corrected chi connectivity index (χ1v) is 11.6. The molecule has 1 spiro atoms. The predicted octanol–water partition coefficient (Wildman–Crippen LogP) is 3.62. The number of halogens is 2. The minimum absolute atomic E-state index is 0.0150. The highest BCUT2D eigenvalue weighted by Crippen LogP contribution is 2.57. The van der Waals surface area contributed by atoms with Gasteiger partial charge in [0.2, 0.25) is 5.91 Å². The first kappa shape index (κ1) is 20.7. The number of hydrogen-bond donors (Lipinski definition) is 0. The topological polar surface area (TPSA) is 50.6 Å². The van der Waals surface area contributed by atoms with Crippen LogP contribution in [0.2, 0.25) is 0 Å². The van der Waals surface area contributed by atoms with E-state index in [1.807, 2.05) is 0 Å². The Labute approximate surface area is 190 Å². The number of ether oxygens (including phenoxy) is 1. The SMILES string of the molecule is O=C1N(Cc2nc3cc(F)ccc3n2CCCN2CCOCC2)c2cc(F)ccc2C12CC2. The molecule has 1 saturated carbocycles. The van der Waals surface area contributed by atoms with Gasteiger partial charge in [0.1, 0.15) is 17.5 Å². The van der Waals surface area contributed by atoms with Crippen LogP contribution in [0.4, 0.5) is 14.5 Å². The summed E-state index contributed by atoms with van der Waals surface area (Å²) in [7, 11) is 0. The van der Waals surface area contributed by atoms with Crippen LogP contribution in [-0.2, 0) is 28.0 Å². The standard InChI is InChI=1S/C25H26F2N4O2/c26-17-3-5-21-20(14-17)28-23(30(21)9-1-8-29-10-12-33-13-11-29)16-31-22-15-18(27)2-4-19(22)25(6-7-25)24(31)32/h2-5,14-15H,1,6-13,16H2. The zero-order chi connectivity index (χ0) is 22.6. The Balaban J connectivity index is 1.31. The number of anilines is 1. The first-order valence-electron chi connectivity index (χ1n) is 11.6. The fourth-order valence-corrected chi connectivity index (χ4v) is 5.32. The maximum absolute atomic E-state index is 14.1. The Morgan fingerprint density at radius 1 is 1.00 bits per heavy atom. The number of morpholine rings is 1. The summed E-state index contributed by atoms with van der Waals surface area (Å²) < 4.78 is 35.5. The van der Waals surface area contributed by atoms with Crippen molar-refractivity contribution in [3.63, 3.8) is 0 Å². The van der Waals surface area contributed by atoms with E-state index >= 15 is 0 Å². The van der Waals surface area contributed by atoms with E-state index < -0.39 is 5.41 Å². The highest BCUT2D eigenvalue weighted by Gasteiger charge is 2.59. The fraction of sp³-hybridized carbons (Fsp3) is 0.440. The van der Waals surface area contributed by atoms with Crippen molar-refractivity contribution in [1.29, 1.82) is 0 Å². The fourth-order valence-electron chi connectivity index (χ4n) is 5.32. The molecule has 2 aromatic carbocycles. The summed E-state index contributed by atoms with van der Waals surface area (Å²) in [5.41, 5.74) is 2.47. The summed E-state index contributed by atoms with van der Waals surface area (Å²) >= 11 is 0. The largest absolute Gasteiger partial charge is 0.379 e. The lowest BCUT2D eigenvalue weighted by molar-refractivity contribution is -0.120. The molecule has 6 nitrogen and oxygen atoms in total. The van der Waals surface area contributed by atoms with Gasteiger partial charge in [-0.25, -0.2) is 13.8 Å². The van der Waals surface area contributed by atoms with Crippen LogP contribution in [0, 0.1) is 11.6 Å². The minimum atomic E-state index is -0.498. The molecular weight excluding hydrogens is 426 g/mol. The molecule has 1 amide bonds. The van der Waals surface area contributed by atoms with Gasteiger partial charge in [0.05, 0.1) is 41.9 Å². The summed E-state index contributed by atoms with van der Waals surface area (Å²) in [6, 6.07) is 9.24. The Hall–Kier alpha value is -2.84. The van der Waals surface area contributed by atoms with Crippen LogP contribution in [-0.4, -0.2) is 53.2 Å². The number of carbonyl (C=O) groups is 1. The van der Waals surface area contributed by atoms with Gasteiger partial charge < -0.3 is 14.2 Å². The van der Waals surface area contributed by atoms with E-state index in [1.165, 1.54) is 24.3 Å². The van der Waals surface area contributed by atoms with Gasteiger partial charge in [-0.3, -0.25) is 9.69 Å². The van der Waals surface area contributed by atoms with Crippen molar-refractivity contribution in [1.82, 2.24) is 14.5 Å². The molecule has 0 atom stereocenters. The van der Waals surface area contributed by atoms with Crippen molar-refractivity contribution >= 4 is 22.6 Å². The number of benzene rings is 2. The van der Waals surface area contributed by atoms with E-state index in [0.717, 1.165) is 63.2 Å². The Bertz CT molecular complexity index is 1230. The molecule has 2 fully saturated rings. The van der Waals surface area contributed by atoms with E-state index in [1.54, 1.807) is 17.0 Å². The number of nitrogens with zero attached hydrogens (tertiary/aromatic N) is 4. The van der Waals surface area contributed by atoms with Crippen LogP contribution in [0.1, 0.15) is 30.7 Å². The Kier molecular flexibility index (Phi) is 4.96. The molecule has 172 valence electrons. The molecule has 0 radical (unpaired) electrons. The van der Waals surface area contributed by atoms with E-state index in [-0.39, 0.29) is 24.1 Å². The van der Waals surface area contributed by atoms with Gasteiger partial charge >= 0.3 is 0 Å². The zero-order valence-electron chi connectivity index (χ0n) is 18.4. The van der Waals surface area contributed by atoms with E-state index in [4.69, 9.17) is 9.72 Å². The molecule has 1 aromatic heterocycles. The molecule has 0 N–H and O–H groups in total. The summed E-state index contributed by atoms with van der Waals surface area (Å²) in [5, 5.41) is 0. The monoisotopic (exact) mass is 452 g/mol. The summed E-state index contributed by atoms with van der Waals surface area (Å²) in [5.74, 6) is 0.0130. The molecular formula is C25H26F2N4O2. The predicted molar refractivity (Wildman–Crippen MR) is 120 cm³/mol. The van der Waals surface area contributed by atoms with Crippen LogP contribution >= 0.6 is 0 Å². The summed E-state index contributed by atoms with van der Waals surface area (Å²) in [6.07, 6.45) is 2.49. The lowest BCUT2D eigenvalue weighted by atomic mass is 9.98. The summed E-state index contributed by atoms with van der Waals surface area (Å²) in [6.45, 7) is 5.25. The van der Waals surface area contributed by atoms with Crippen molar-refractivity contribution in [2.24, 2.45) is 0 Å². The lowest BCUT2D eigenvalue weighted by Crippen LogP contribution is -2.37. The molecule has 2 aliphatic heterocycles. The molecule has 8 heteroatoms. The zero-order valence-corrected chi connectivity index (χ0v) is 18.4. The maximum Gasteiger partial charge on any atom is 0.238 e. The molecule has 0 bridgehead atoms. The first-order chi connectivity index (χ1) is 16.0. The molecule has 6 rings (SSSR count). The second-order valence-corrected chi connectivity index (χ2v) is 9.26. The lowest BCUT2D eigenvalue weighted by Gasteiger charge is -2.26. The molecule has 33 heavy (non-hydrogen) atoms. The molecule has 3 aromatic rings. The third-order valence-corrected chi connectivity index (χ3v) is 7.22. The number of imidazole rings is 1. The smallest absolute Gasteiger partial charge is 0.238 e. The van der Waals surface area contributed by atoms with Crippen LogP contribution in [0.15, 0.2) is 36.4 Å². The molecule has 3 aliphatic rings. The minimum Gasteiger partial charge on any atom is -0.379 e. The molecule has 3 heterocycles. The normalized spacial score (nSPS) is 19.6. The van der Waals surface area contributed by atoms with Gasteiger partial charge in [0, 0.05) is 32.2 Å². The van der Waals surface area contributed by atoms with Gasteiger partial charge in [-0.1, -0.05) is 6.07 Å². The van der Waals surface area contributed by atoms with Gasteiger partial charge in [-0.05, 0) is 49.1 Å². The highest BCUT2D eigenvalue weighted by atomic mass is 19.1.